The maximum atomic E-state index is 12.6. The van der Waals surface area contributed by atoms with Gasteiger partial charge in [-0.1, -0.05) is 24.3 Å². The molecule has 0 spiro atoms. The smallest absolute Gasteiger partial charge is 0.416 e. The first-order valence-electron chi connectivity index (χ1n) is 8.19. The largest absolute Gasteiger partial charge is 0.491 e. The van der Waals surface area contributed by atoms with Gasteiger partial charge in [0.25, 0.3) is 5.91 Å². The van der Waals surface area contributed by atoms with Gasteiger partial charge in [0.15, 0.2) is 6.61 Å². The lowest BCUT2D eigenvalue weighted by Crippen LogP contribution is -2.37. The topological polar surface area (TPSA) is 67.8 Å². The van der Waals surface area contributed by atoms with Crippen LogP contribution in [0.2, 0.25) is 0 Å². The van der Waals surface area contributed by atoms with Gasteiger partial charge >= 0.3 is 6.18 Å². The number of carbonyl (C=O) groups excluding carboxylic acids is 1. The highest BCUT2D eigenvalue weighted by atomic mass is 19.4. The van der Waals surface area contributed by atoms with Crippen molar-refractivity contribution < 1.29 is 32.5 Å². The number of aliphatic hydroxyl groups excluding tert-OH is 1. The number of aryl methyl sites for hydroxylation is 1. The highest BCUT2D eigenvalue weighted by Gasteiger charge is 2.30. The number of halogens is 3. The fourth-order valence-corrected chi connectivity index (χ4v) is 2.16. The number of nitrogens with one attached hydrogen (secondary N) is 1. The molecule has 0 fully saturated rings. The number of para-hydroxylation sites is 1. The van der Waals surface area contributed by atoms with E-state index in [-0.39, 0.29) is 25.5 Å². The fraction of sp³-hybridized carbons (Fsp3) is 0.316. The first-order chi connectivity index (χ1) is 12.8. The molecule has 0 heterocycles. The Morgan fingerprint density at radius 3 is 2.59 bits per heavy atom. The number of carbonyl (C=O) groups is 1. The first-order valence-corrected chi connectivity index (χ1v) is 8.19. The Hall–Kier alpha value is -2.74. The van der Waals surface area contributed by atoms with Gasteiger partial charge in [-0.2, -0.15) is 13.2 Å². The van der Waals surface area contributed by atoms with Gasteiger partial charge < -0.3 is 19.9 Å². The Labute approximate surface area is 154 Å². The molecule has 0 saturated carbocycles. The second-order valence-electron chi connectivity index (χ2n) is 5.85. The first kappa shape index (κ1) is 20.6. The van der Waals surface area contributed by atoms with E-state index in [9.17, 15) is 23.1 Å². The van der Waals surface area contributed by atoms with Crippen molar-refractivity contribution in [2.45, 2.75) is 19.2 Å². The molecule has 0 aliphatic rings. The van der Waals surface area contributed by atoms with Crippen molar-refractivity contribution >= 4 is 5.91 Å². The molecule has 8 heteroatoms. The lowest BCUT2D eigenvalue weighted by atomic mass is 10.2. The van der Waals surface area contributed by atoms with Gasteiger partial charge in [-0.15, -0.1) is 0 Å². The predicted octanol–water partition coefficient (Wildman–Crippen LogP) is 2.95. The second kappa shape index (κ2) is 9.27. The molecule has 2 N–H and O–H groups in total. The van der Waals surface area contributed by atoms with E-state index in [1.807, 2.05) is 19.1 Å². The molecule has 1 unspecified atom stereocenters. The van der Waals surface area contributed by atoms with Crippen LogP contribution in [-0.2, 0) is 11.0 Å². The Morgan fingerprint density at radius 2 is 1.89 bits per heavy atom. The standard InChI is InChI=1S/C19H20F3NO4/c1-13-5-2-3-8-17(13)27-12-18(25)23-10-15(24)11-26-16-7-4-6-14(9-16)19(20,21)22/h2-9,15,24H,10-12H2,1H3,(H,23,25). The highest BCUT2D eigenvalue weighted by Crippen LogP contribution is 2.31. The van der Waals surface area contributed by atoms with E-state index in [1.54, 1.807) is 12.1 Å². The Bertz CT molecular complexity index is 765. The number of alkyl halides is 3. The van der Waals surface area contributed by atoms with Crippen LogP contribution in [0.1, 0.15) is 11.1 Å². The van der Waals surface area contributed by atoms with Gasteiger partial charge in [0.1, 0.15) is 24.2 Å². The van der Waals surface area contributed by atoms with Gasteiger partial charge in [-0.3, -0.25) is 4.79 Å². The van der Waals surface area contributed by atoms with Crippen molar-refractivity contribution in [3.63, 3.8) is 0 Å². The summed E-state index contributed by atoms with van der Waals surface area (Å²) in [5, 5.41) is 12.3. The van der Waals surface area contributed by atoms with E-state index in [0.29, 0.717) is 5.75 Å². The summed E-state index contributed by atoms with van der Waals surface area (Å²) >= 11 is 0. The van der Waals surface area contributed by atoms with Gasteiger partial charge in [0, 0.05) is 6.54 Å². The lowest BCUT2D eigenvalue weighted by Gasteiger charge is -2.15. The summed E-state index contributed by atoms with van der Waals surface area (Å²) in [6, 6.07) is 11.6. The van der Waals surface area contributed by atoms with Crippen molar-refractivity contribution in [2.24, 2.45) is 0 Å². The van der Waals surface area contributed by atoms with Crippen LogP contribution in [0.3, 0.4) is 0 Å². The molecule has 0 aromatic heterocycles. The second-order valence-corrected chi connectivity index (χ2v) is 5.85. The molecule has 2 aromatic rings. The minimum Gasteiger partial charge on any atom is -0.491 e. The van der Waals surface area contributed by atoms with E-state index in [0.717, 1.165) is 17.7 Å². The van der Waals surface area contributed by atoms with Crippen LogP contribution >= 0.6 is 0 Å². The maximum Gasteiger partial charge on any atom is 0.416 e. The minimum atomic E-state index is -4.47. The number of hydrogen-bond donors (Lipinski definition) is 2. The molecule has 0 saturated heterocycles. The van der Waals surface area contributed by atoms with Crippen LogP contribution in [0.5, 0.6) is 11.5 Å². The number of aliphatic hydroxyl groups is 1. The molecule has 2 aromatic carbocycles. The Kier molecular flexibility index (Phi) is 7.06. The molecule has 0 radical (unpaired) electrons. The van der Waals surface area contributed by atoms with Gasteiger partial charge in [-0.25, -0.2) is 0 Å². The summed E-state index contributed by atoms with van der Waals surface area (Å²) in [7, 11) is 0. The van der Waals surface area contributed by atoms with E-state index in [1.165, 1.54) is 12.1 Å². The van der Waals surface area contributed by atoms with Gasteiger partial charge in [0.2, 0.25) is 0 Å². The van der Waals surface area contributed by atoms with Crippen molar-refractivity contribution in [3.8, 4) is 11.5 Å². The van der Waals surface area contributed by atoms with Gasteiger partial charge in [0.05, 0.1) is 5.56 Å². The van der Waals surface area contributed by atoms with E-state index in [2.05, 4.69) is 5.32 Å². The molecule has 27 heavy (non-hydrogen) atoms. The highest BCUT2D eigenvalue weighted by molar-refractivity contribution is 5.77. The summed E-state index contributed by atoms with van der Waals surface area (Å²) in [5.74, 6) is 0.135. The fourth-order valence-electron chi connectivity index (χ4n) is 2.16. The van der Waals surface area contributed by atoms with E-state index >= 15 is 0 Å². The zero-order valence-corrected chi connectivity index (χ0v) is 14.6. The van der Waals surface area contributed by atoms with Crippen LogP contribution < -0.4 is 14.8 Å². The third kappa shape index (κ3) is 6.82. The molecule has 0 bridgehead atoms. The van der Waals surface area contributed by atoms with Crippen molar-refractivity contribution in [2.75, 3.05) is 19.8 Å². The number of hydrogen-bond acceptors (Lipinski definition) is 4. The van der Waals surface area contributed by atoms with Crippen molar-refractivity contribution in [1.82, 2.24) is 5.32 Å². The molecule has 5 nitrogen and oxygen atoms in total. The normalized spacial score (nSPS) is 12.3. The summed E-state index contributed by atoms with van der Waals surface area (Å²) in [6.45, 7) is 1.25. The van der Waals surface area contributed by atoms with Crippen LogP contribution in [0.25, 0.3) is 0 Å². The third-order valence-corrected chi connectivity index (χ3v) is 3.59. The predicted molar refractivity (Wildman–Crippen MR) is 92.6 cm³/mol. The summed E-state index contributed by atoms with van der Waals surface area (Å²) in [6.07, 6.45) is -5.55. The monoisotopic (exact) mass is 383 g/mol. The van der Waals surface area contributed by atoms with Crippen LogP contribution in [0.4, 0.5) is 13.2 Å². The molecular weight excluding hydrogens is 363 g/mol. The third-order valence-electron chi connectivity index (χ3n) is 3.59. The molecule has 1 atom stereocenters. The average Bonchev–Trinajstić information content (AvgIpc) is 2.63. The average molecular weight is 383 g/mol. The maximum absolute atomic E-state index is 12.6. The molecular formula is C19H20F3NO4. The number of benzene rings is 2. The zero-order chi connectivity index (χ0) is 19.9. The number of ether oxygens (including phenoxy) is 2. The Balaban J connectivity index is 1.72. The minimum absolute atomic E-state index is 0.0157. The summed E-state index contributed by atoms with van der Waals surface area (Å²) < 4.78 is 48.4. The quantitative estimate of drug-likeness (QED) is 0.736. The Morgan fingerprint density at radius 1 is 1.15 bits per heavy atom. The number of rotatable bonds is 8. The number of amides is 1. The molecule has 0 aliphatic heterocycles. The van der Waals surface area contributed by atoms with E-state index < -0.39 is 23.8 Å². The van der Waals surface area contributed by atoms with Crippen LogP contribution in [0, 0.1) is 6.92 Å². The van der Waals surface area contributed by atoms with Crippen molar-refractivity contribution in [3.05, 3.63) is 59.7 Å². The molecule has 146 valence electrons. The molecule has 1 amide bonds. The van der Waals surface area contributed by atoms with Crippen molar-refractivity contribution in [1.29, 1.82) is 0 Å². The molecule has 2 rings (SSSR count). The van der Waals surface area contributed by atoms with Gasteiger partial charge in [-0.05, 0) is 36.8 Å². The summed E-state index contributed by atoms with van der Waals surface area (Å²) in [4.78, 5) is 11.7. The van der Waals surface area contributed by atoms with Crippen LogP contribution in [0.15, 0.2) is 48.5 Å². The van der Waals surface area contributed by atoms with E-state index in [4.69, 9.17) is 9.47 Å². The lowest BCUT2D eigenvalue weighted by molar-refractivity contribution is -0.137. The zero-order valence-electron chi connectivity index (χ0n) is 14.6. The van der Waals surface area contributed by atoms with Crippen LogP contribution in [-0.4, -0.2) is 36.9 Å². The molecule has 0 aliphatic carbocycles. The SMILES string of the molecule is Cc1ccccc1OCC(=O)NCC(O)COc1cccc(C(F)(F)F)c1. The summed E-state index contributed by atoms with van der Waals surface area (Å²) in [5.41, 5.74) is 0.0518.